The smallest absolute Gasteiger partial charge is 0.255 e. The van der Waals surface area contributed by atoms with Crippen LogP contribution in [0.25, 0.3) is 0 Å². The Morgan fingerprint density at radius 3 is 1.71 bits per heavy atom. The Bertz CT molecular complexity index is 700. The Balaban J connectivity index is 2.40. The van der Waals surface area contributed by atoms with Crippen molar-refractivity contribution in [1.82, 2.24) is 0 Å². The van der Waals surface area contributed by atoms with Gasteiger partial charge in [-0.05, 0) is 58.4 Å². The van der Waals surface area contributed by atoms with Gasteiger partial charge in [0.15, 0.2) is 0 Å². The average Bonchev–Trinajstić information content (AvgIpc) is 2.47. The summed E-state index contributed by atoms with van der Waals surface area (Å²) >= 11 is 0. The number of rotatable bonds is 2. The maximum Gasteiger partial charge on any atom is 0.255 e. The first-order chi connectivity index (χ1) is 11.0. The summed E-state index contributed by atoms with van der Waals surface area (Å²) in [6.45, 7) is 13.0. The molecule has 3 N–H and O–H groups in total. The highest BCUT2D eigenvalue weighted by molar-refractivity contribution is 6.04. The summed E-state index contributed by atoms with van der Waals surface area (Å²) in [6.07, 6.45) is 0. The van der Waals surface area contributed by atoms with Gasteiger partial charge in [-0.1, -0.05) is 47.6 Å². The van der Waals surface area contributed by atoms with Crippen molar-refractivity contribution in [2.24, 2.45) is 0 Å². The number of carbonyl (C=O) groups excluding carboxylic acids is 1. The van der Waals surface area contributed by atoms with Crippen molar-refractivity contribution in [1.29, 1.82) is 0 Å². The van der Waals surface area contributed by atoms with Crippen molar-refractivity contribution in [3.05, 3.63) is 59.2 Å². The first-order valence-corrected chi connectivity index (χ1v) is 8.30. The minimum absolute atomic E-state index is 0.0164. The Kier molecular flexibility index (Phi) is 4.75. The SMILES string of the molecule is CC(C)(C)c1cc(C(=O)Nc2ccc(N)cc2)cc(C(C)(C)C)c1. The fourth-order valence-corrected chi connectivity index (χ4v) is 2.39. The van der Waals surface area contributed by atoms with Gasteiger partial charge in [0, 0.05) is 16.9 Å². The topological polar surface area (TPSA) is 55.1 Å². The summed E-state index contributed by atoms with van der Waals surface area (Å²) < 4.78 is 0. The highest BCUT2D eigenvalue weighted by Crippen LogP contribution is 2.30. The van der Waals surface area contributed by atoms with Gasteiger partial charge in [0.1, 0.15) is 0 Å². The molecule has 0 aliphatic carbocycles. The Labute approximate surface area is 145 Å². The molecule has 0 bridgehead atoms. The second-order valence-corrected chi connectivity index (χ2v) is 8.38. The lowest BCUT2D eigenvalue weighted by Crippen LogP contribution is -2.20. The number of benzene rings is 2. The molecular formula is C21H28N2O. The molecule has 2 rings (SSSR count). The van der Waals surface area contributed by atoms with E-state index in [0.29, 0.717) is 11.3 Å². The summed E-state index contributed by atoms with van der Waals surface area (Å²) in [5.74, 6) is -0.101. The molecule has 0 aromatic heterocycles. The van der Waals surface area contributed by atoms with E-state index in [9.17, 15) is 4.79 Å². The molecule has 3 nitrogen and oxygen atoms in total. The fourth-order valence-electron chi connectivity index (χ4n) is 2.39. The fraction of sp³-hybridized carbons (Fsp3) is 0.381. The van der Waals surface area contributed by atoms with Crippen molar-refractivity contribution in [3.63, 3.8) is 0 Å². The number of nitrogen functional groups attached to an aromatic ring is 1. The molecule has 1 amide bonds. The van der Waals surface area contributed by atoms with Crippen molar-refractivity contribution < 1.29 is 4.79 Å². The summed E-state index contributed by atoms with van der Waals surface area (Å²) in [4.78, 5) is 12.7. The minimum Gasteiger partial charge on any atom is -0.399 e. The van der Waals surface area contributed by atoms with Crippen LogP contribution in [0.2, 0.25) is 0 Å². The Hall–Kier alpha value is -2.29. The lowest BCUT2D eigenvalue weighted by atomic mass is 9.79. The van der Waals surface area contributed by atoms with Gasteiger partial charge < -0.3 is 11.1 Å². The maximum absolute atomic E-state index is 12.7. The van der Waals surface area contributed by atoms with Gasteiger partial charge in [0.2, 0.25) is 0 Å². The number of anilines is 2. The van der Waals surface area contributed by atoms with Crippen LogP contribution < -0.4 is 11.1 Å². The van der Waals surface area contributed by atoms with E-state index in [1.165, 1.54) is 0 Å². The molecule has 0 fully saturated rings. The van der Waals surface area contributed by atoms with E-state index >= 15 is 0 Å². The minimum atomic E-state index is -0.101. The van der Waals surface area contributed by atoms with Crippen LogP contribution >= 0.6 is 0 Å². The van der Waals surface area contributed by atoms with E-state index in [1.54, 1.807) is 12.1 Å². The highest BCUT2D eigenvalue weighted by Gasteiger charge is 2.22. The third-order valence-corrected chi connectivity index (χ3v) is 4.10. The molecule has 0 aliphatic rings. The number of amides is 1. The zero-order valence-corrected chi connectivity index (χ0v) is 15.5. The monoisotopic (exact) mass is 324 g/mol. The lowest BCUT2D eigenvalue weighted by molar-refractivity contribution is 0.102. The molecule has 128 valence electrons. The number of nitrogens with one attached hydrogen (secondary N) is 1. The van der Waals surface area contributed by atoms with E-state index in [1.807, 2.05) is 24.3 Å². The third-order valence-electron chi connectivity index (χ3n) is 4.10. The van der Waals surface area contributed by atoms with Crippen molar-refractivity contribution in [2.75, 3.05) is 11.1 Å². The Morgan fingerprint density at radius 2 is 1.29 bits per heavy atom. The van der Waals surface area contributed by atoms with E-state index < -0.39 is 0 Å². The largest absolute Gasteiger partial charge is 0.399 e. The predicted molar refractivity (Wildman–Crippen MR) is 103 cm³/mol. The predicted octanol–water partition coefficient (Wildman–Crippen LogP) is 5.12. The Morgan fingerprint density at radius 1 is 0.833 bits per heavy atom. The molecule has 0 unspecified atom stereocenters. The molecule has 0 spiro atoms. The second kappa shape index (κ2) is 6.31. The molecule has 0 radical (unpaired) electrons. The van der Waals surface area contributed by atoms with Crippen molar-refractivity contribution in [3.8, 4) is 0 Å². The number of nitrogens with two attached hydrogens (primary N) is 1. The molecular weight excluding hydrogens is 296 g/mol. The lowest BCUT2D eigenvalue weighted by Gasteiger charge is -2.26. The number of hydrogen-bond donors (Lipinski definition) is 2. The zero-order valence-electron chi connectivity index (χ0n) is 15.5. The molecule has 0 atom stereocenters. The average molecular weight is 324 g/mol. The first-order valence-electron chi connectivity index (χ1n) is 8.30. The normalized spacial score (nSPS) is 12.1. The molecule has 0 heterocycles. The van der Waals surface area contributed by atoms with Crippen LogP contribution in [-0.4, -0.2) is 5.91 Å². The van der Waals surface area contributed by atoms with Crippen LogP contribution in [0.15, 0.2) is 42.5 Å². The van der Waals surface area contributed by atoms with Crippen molar-refractivity contribution >= 4 is 17.3 Å². The van der Waals surface area contributed by atoms with E-state index in [4.69, 9.17) is 5.73 Å². The van der Waals surface area contributed by atoms with E-state index in [0.717, 1.165) is 16.8 Å². The van der Waals surface area contributed by atoms with Crippen LogP contribution in [0.4, 0.5) is 11.4 Å². The third kappa shape index (κ3) is 4.38. The van der Waals surface area contributed by atoms with Crippen LogP contribution in [0, 0.1) is 0 Å². The van der Waals surface area contributed by atoms with Gasteiger partial charge in [-0.15, -0.1) is 0 Å². The van der Waals surface area contributed by atoms with Gasteiger partial charge in [0.05, 0.1) is 0 Å². The van der Waals surface area contributed by atoms with Crippen LogP contribution in [0.3, 0.4) is 0 Å². The van der Waals surface area contributed by atoms with Gasteiger partial charge in [-0.2, -0.15) is 0 Å². The second-order valence-electron chi connectivity index (χ2n) is 8.38. The van der Waals surface area contributed by atoms with Crippen LogP contribution in [0.5, 0.6) is 0 Å². The van der Waals surface area contributed by atoms with Gasteiger partial charge >= 0.3 is 0 Å². The first kappa shape index (κ1) is 18.1. The maximum atomic E-state index is 12.7. The summed E-state index contributed by atoms with van der Waals surface area (Å²) in [7, 11) is 0. The summed E-state index contributed by atoms with van der Waals surface area (Å²) in [5.41, 5.74) is 10.1. The number of carbonyl (C=O) groups is 1. The standard InChI is InChI=1S/C21H28N2O/c1-20(2,3)15-11-14(12-16(13-15)21(4,5)6)19(24)23-18-9-7-17(22)8-10-18/h7-13H,22H2,1-6H3,(H,23,24). The van der Waals surface area contributed by atoms with Gasteiger partial charge in [0.25, 0.3) is 5.91 Å². The molecule has 2 aromatic rings. The summed E-state index contributed by atoms with van der Waals surface area (Å²) in [5, 5.41) is 2.95. The number of hydrogen-bond acceptors (Lipinski definition) is 2. The summed E-state index contributed by atoms with van der Waals surface area (Å²) in [6, 6.07) is 13.4. The zero-order chi connectivity index (χ0) is 18.1. The molecule has 24 heavy (non-hydrogen) atoms. The van der Waals surface area contributed by atoms with Gasteiger partial charge in [-0.3, -0.25) is 4.79 Å². The quantitative estimate of drug-likeness (QED) is 0.754. The van der Waals surface area contributed by atoms with Crippen molar-refractivity contribution in [2.45, 2.75) is 52.4 Å². The van der Waals surface area contributed by atoms with Crippen LogP contribution in [0.1, 0.15) is 63.0 Å². The molecule has 0 aliphatic heterocycles. The molecule has 3 heteroatoms. The highest BCUT2D eigenvalue weighted by atomic mass is 16.1. The van der Waals surface area contributed by atoms with Crippen LogP contribution in [-0.2, 0) is 10.8 Å². The molecule has 0 saturated carbocycles. The molecule has 0 saturated heterocycles. The van der Waals surface area contributed by atoms with Gasteiger partial charge in [-0.25, -0.2) is 0 Å². The van der Waals surface area contributed by atoms with E-state index in [-0.39, 0.29) is 16.7 Å². The van der Waals surface area contributed by atoms with E-state index in [2.05, 4.69) is 52.9 Å². The molecule has 2 aromatic carbocycles.